The number of aromatic nitrogens is 1. The summed E-state index contributed by atoms with van der Waals surface area (Å²) < 4.78 is 6.27. The normalized spacial score (nSPS) is 21.7. The van der Waals surface area contributed by atoms with E-state index in [0.717, 1.165) is 12.8 Å². The number of likely N-dealkylation sites (N-methyl/N-ethyl adjacent to an activating group) is 1. The molecule has 0 saturated heterocycles. The summed E-state index contributed by atoms with van der Waals surface area (Å²) in [7, 11) is 1.73. The number of nitrogens with zero attached hydrogens (tertiary/aromatic N) is 3. The summed E-state index contributed by atoms with van der Waals surface area (Å²) in [5, 5.41) is 12.7. The van der Waals surface area contributed by atoms with Crippen molar-refractivity contribution in [3.8, 4) is 17.7 Å². The van der Waals surface area contributed by atoms with Crippen LogP contribution in [0.2, 0.25) is 0 Å². The van der Waals surface area contributed by atoms with Gasteiger partial charge in [0.15, 0.2) is 0 Å². The van der Waals surface area contributed by atoms with Crippen molar-refractivity contribution in [1.29, 1.82) is 0 Å². The van der Waals surface area contributed by atoms with Gasteiger partial charge in [0.1, 0.15) is 11.7 Å². The Balaban J connectivity index is 1.90. The standard InChI is InChI=1S/C27H40N4O4/c1-18(2)29-27(34)30(5)16-24-19(3)15-31(20(4)17-32)26(33)23-13-22(14-28-25(23)35-24)12-11-21-9-7-6-8-10-21/h13-14,18-21,24,32H,6-10,15-17H2,1-5H3,(H,29,34)/t19-,20+,24+/m1/s1. The SMILES string of the molecule is CC(C)NC(=O)N(C)C[C@@H]1Oc2ncc(C#CC3CCCCC3)cc2C(=O)N([C@@H](C)CO)C[C@H]1C. The van der Waals surface area contributed by atoms with Crippen LogP contribution in [0, 0.1) is 23.7 Å². The molecule has 35 heavy (non-hydrogen) atoms. The fourth-order valence-electron chi connectivity index (χ4n) is 4.53. The van der Waals surface area contributed by atoms with E-state index in [-0.39, 0.29) is 48.5 Å². The number of pyridine rings is 1. The molecule has 8 nitrogen and oxygen atoms in total. The number of aliphatic hydroxyl groups excluding tert-OH is 1. The molecular formula is C27H40N4O4. The first-order valence-corrected chi connectivity index (χ1v) is 12.8. The van der Waals surface area contributed by atoms with Crippen molar-refractivity contribution >= 4 is 11.9 Å². The molecule has 3 amide bonds. The predicted molar refractivity (Wildman–Crippen MR) is 135 cm³/mol. The van der Waals surface area contributed by atoms with Crippen LogP contribution in [0.15, 0.2) is 12.3 Å². The van der Waals surface area contributed by atoms with Gasteiger partial charge in [0.2, 0.25) is 5.88 Å². The van der Waals surface area contributed by atoms with Gasteiger partial charge >= 0.3 is 6.03 Å². The van der Waals surface area contributed by atoms with Gasteiger partial charge in [0, 0.05) is 43.2 Å². The van der Waals surface area contributed by atoms with Crippen molar-refractivity contribution < 1.29 is 19.4 Å². The summed E-state index contributed by atoms with van der Waals surface area (Å²) >= 11 is 0. The summed E-state index contributed by atoms with van der Waals surface area (Å²) in [4.78, 5) is 33.8. The van der Waals surface area contributed by atoms with Gasteiger partial charge in [-0.3, -0.25) is 4.79 Å². The van der Waals surface area contributed by atoms with Gasteiger partial charge < -0.3 is 25.0 Å². The lowest BCUT2D eigenvalue weighted by Gasteiger charge is -2.37. The van der Waals surface area contributed by atoms with Crippen molar-refractivity contribution in [3.63, 3.8) is 0 Å². The summed E-state index contributed by atoms with van der Waals surface area (Å²) in [6.45, 7) is 8.21. The lowest BCUT2D eigenvalue weighted by Crippen LogP contribution is -2.51. The summed E-state index contributed by atoms with van der Waals surface area (Å²) in [6, 6.07) is 1.22. The molecule has 0 bridgehead atoms. The Morgan fingerprint density at radius 2 is 2.03 bits per heavy atom. The van der Waals surface area contributed by atoms with Crippen molar-refractivity contribution in [2.24, 2.45) is 11.8 Å². The molecule has 1 aromatic heterocycles. The topological polar surface area (TPSA) is 95.0 Å². The van der Waals surface area contributed by atoms with E-state index in [2.05, 4.69) is 22.1 Å². The Morgan fingerprint density at radius 1 is 1.31 bits per heavy atom. The third kappa shape index (κ3) is 7.11. The molecule has 3 rings (SSSR count). The van der Waals surface area contributed by atoms with Gasteiger partial charge in [0.05, 0.1) is 19.2 Å². The fraction of sp³-hybridized carbons (Fsp3) is 0.667. The maximum Gasteiger partial charge on any atom is 0.317 e. The quantitative estimate of drug-likeness (QED) is 0.626. The second kappa shape index (κ2) is 12.3. The Hall–Kier alpha value is -2.79. The lowest BCUT2D eigenvalue weighted by atomic mass is 9.90. The van der Waals surface area contributed by atoms with E-state index in [9.17, 15) is 14.7 Å². The van der Waals surface area contributed by atoms with Gasteiger partial charge in [-0.15, -0.1) is 0 Å². The first kappa shape index (κ1) is 26.8. The number of fused-ring (bicyclic) bond motifs is 1. The van der Waals surface area contributed by atoms with Gasteiger partial charge in [-0.25, -0.2) is 9.78 Å². The molecular weight excluding hydrogens is 444 g/mol. The molecule has 1 fully saturated rings. The summed E-state index contributed by atoms with van der Waals surface area (Å²) in [6.07, 6.45) is 7.21. The number of nitrogens with one attached hydrogen (secondary N) is 1. The highest BCUT2D eigenvalue weighted by atomic mass is 16.5. The molecule has 0 spiro atoms. The predicted octanol–water partition coefficient (Wildman–Crippen LogP) is 3.28. The maximum atomic E-state index is 13.5. The number of rotatable bonds is 5. The Labute approximate surface area is 209 Å². The number of ether oxygens (including phenoxy) is 1. The summed E-state index contributed by atoms with van der Waals surface area (Å²) in [5.74, 6) is 6.87. The molecule has 8 heteroatoms. The monoisotopic (exact) mass is 484 g/mol. The zero-order valence-electron chi connectivity index (χ0n) is 21.7. The van der Waals surface area contributed by atoms with Gasteiger partial charge in [-0.1, -0.05) is 38.0 Å². The van der Waals surface area contributed by atoms with Crippen LogP contribution in [0.4, 0.5) is 4.79 Å². The zero-order chi connectivity index (χ0) is 25.5. The van der Waals surface area contributed by atoms with Crippen LogP contribution in [0.25, 0.3) is 0 Å². The zero-order valence-corrected chi connectivity index (χ0v) is 21.7. The van der Waals surface area contributed by atoms with E-state index < -0.39 is 0 Å². The molecule has 1 aliphatic heterocycles. The molecule has 0 aromatic carbocycles. The largest absolute Gasteiger partial charge is 0.472 e. The van der Waals surface area contributed by atoms with Crippen LogP contribution in [0.3, 0.4) is 0 Å². The fourth-order valence-corrected chi connectivity index (χ4v) is 4.53. The minimum absolute atomic E-state index is 0.0228. The van der Waals surface area contributed by atoms with Crippen LogP contribution < -0.4 is 10.1 Å². The molecule has 0 radical (unpaired) electrons. The van der Waals surface area contributed by atoms with Gasteiger partial charge in [-0.2, -0.15) is 0 Å². The maximum absolute atomic E-state index is 13.5. The highest BCUT2D eigenvalue weighted by Crippen LogP contribution is 2.28. The van der Waals surface area contributed by atoms with Crippen LogP contribution in [0.1, 0.15) is 75.7 Å². The number of aliphatic hydroxyl groups is 1. The first-order valence-electron chi connectivity index (χ1n) is 12.8. The van der Waals surface area contributed by atoms with Crippen LogP contribution in [0.5, 0.6) is 5.88 Å². The Bertz CT molecular complexity index is 948. The highest BCUT2D eigenvalue weighted by molar-refractivity contribution is 5.97. The second-order valence-electron chi connectivity index (χ2n) is 10.3. The number of carbonyl (C=O) groups excluding carboxylic acids is 2. The van der Waals surface area contributed by atoms with Gasteiger partial charge in [0.25, 0.3) is 5.91 Å². The molecule has 2 aliphatic rings. The number of amides is 3. The molecule has 1 aliphatic carbocycles. The Morgan fingerprint density at radius 3 is 2.69 bits per heavy atom. The summed E-state index contributed by atoms with van der Waals surface area (Å²) in [5.41, 5.74) is 1.02. The third-order valence-corrected chi connectivity index (χ3v) is 6.76. The Kier molecular flexibility index (Phi) is 9.39. The van der Waals surface area contributed by atoms with Crippen molar-refractivity contribution in [1.82, 2.24) is 20.1 Å². The highest BCUT2D eigenvalue weighted by Gasteiger charge is 2.34. The van der Waals surface area contributed by atoms with Crippen molar-refractivity contribution in [2.75, 3.05) is 26.7 Å². The molecule has 1 aromatic rings. The van der Waals surface area contributed by atoms with Gasteiger partial charge in [-0.05, 0) is 39.7 Å². The average Bonchev–Trinajstić information content (AvgIpc) is 2.84. The molecule has 0 unspecified atom stereocenters. The van der Waals surface area contributed by atoms with Crippen molar-refractivity contribution in [3.05, 3.63) is 23.4 Å². The smallest absolute Gasteiger partial charge is 0.317 e. The number of hydrogen-bond donors (Lipinski definition) is 2. The van der Waals surface area contributed by atoms with Crippen LogP contribution in [-0.4, -0.2) is 76.8 Å². The molecule has 1 saturated carbocycles. The average molecular weight is 485 g/mol. The second-order valence-corrected chi connectivity index (χ2v) is 10.3. The van der Waals surface area contributed by atoms with E-state index in [4.69, 9.17) is 4.74 Å². The number of urea groups is 1. The van der Waals surface area contributed by atoms with E-state index in [1.165, 1.54) is 19.3 Å². The van der Waals surface area contributed by atoms with E-state index in [1.807, 2.05) is 27.7 Å². The molecule has 2 heterocycles. The minimum Gasteiger partial charge on any atom is -0.472 e. The van der Waals surface area contributed by atoms with Crippen LogP contribution >= 0.6 is 0 Å². The molecule has 3 atom stereocenters. The number of hydrogen-bond acceptors (Lipinski definition) is 5. The minimum atomic E-state index is -0.384. The molecule has 192 valence electrons. The molecule has 2 N–H and O–H groups in total. The van der Waals surface area contributed by atoms with Crippen molar-refractivity contribution in [2.45, 2.75) is 78.0 Å². The van der Waals surface area contributed by atoms with Crippen LogP contribution in [-0.2, 0) is 0 Å². The van der Waals surface area contributed by atoms with E-state index >= 15 is 0 Å². The number of carbonyl (C=O) groups is 2. The van der Waals surface area contributed by atoms with E-state index in [0.29, 0.717) is 30.1 Å². The van der Waals surface area contributed by atoms with E-state index in [1.54, 1.807) is 29.1 Å². The lowest BCUT2D eigenvalue weighted by molar-refractivity contribution is 0.0351. The first-order chi connectivity index (χ1) is 16.7. The third-order valence-electron chi connectivity index (χ3n) is 6.76.